The van der Waals surface area contributed by atoms with Crippen molar-refractivity contribution in [1.29, 1.82) is 0 Å². The molecule has 18 heavy (non-hydrogen) atoms. The second-order valence-corrected chi connectivity index (χ2v) is 4.29. The van der Waals surface area contributed by atoms with Crippen molar-refractivity contribution < 1.29 is 13.9 Å². The van der Waals surface area contributed by atoms with Gasteiger partial charge in [-0.15, -0.1) is 0 Å². The van der Waals surface area contributed by atoms with Crippen molar-refractivity contribution in [3.05, 3.63) is 29.6 Å². The van der Waals surface area contributed by atoms with E-state index in [1.807, 2.05) is 19.0 Å². The van der Waals surface area contributed by atoms with E-state index in [2.05, 4.69) is 5.32 Å². The van der Waals surface area contributed by atoms with Gasteiger partial charge in [0.2, 0.25) is 5.91 Å². The van der Waals surface area contributed by atoms with Crippen LogP contribution in [-0.4, -0.2) is 45.1 Å². The fraction of sp³-hybridized carbons (Fsp3) is 0.462. The van der Waals surface area contributed by atoms with Gasteiger partial charge in [0.15, 0.2) is 0 Å². The van der Waals surface area contributed by atoms with Crippen LogP contribution < -0.4 is 10.1 Å². The number of likely N-dealkylation sites (N-methyl/N-ethyl adjacent to an activating group) is 1. The Balaban J connectivity index is 2.55. The van der Waals surface area contributed by atoms with Crippen molar-refractivity contribution in [1.82, 2.24) is 10.2 Å². The lowest BCUT2D eigenvalue weighted by Crippen LogP contribution is -2.32. The summed E-state index contributed by atoms with van der Waals surface area (Å²) in [6.07, 6.45) is 0.119. The first-order valence-corrected chi connectivity index (χ1v) is 5.76. The number of halogens is 1. The summed E-state index contributed by atoms with van der Waals surface area (Å²) in [6, 6.07) is 4.16. The minimum absolute atomic E-state index is 0.119. The van der Waals surface area contributed by atoms with E-state index in [4.69, 9.17) is 4.74 Å². The lowest BCUT2D eigenvalue weighted by Gasteiger charge is -2.11. The number of carbonyl (C=O) groups is 1. The highest BCUT2D eigenvalue weighted by Crippen LogP contribution is 2.19. The van der Waals surface area contributed by atoms with E-state index in [1.54, 1.807) is 0 Å². The average Bonchev–Trinajstić information content (AvgIpc) is 2.28. The monoisotopic (exact) mass is 254 g/mol. The van der Waals surface area contributed by atoms with Crippen LogP contribution in [0.5, 0.6) is 5.75 Å². The van der Waals surface area contributed by atoms with Crippen molar-refractivity contribution in [2.24, 2.45) is 0 Å². The highest BCUT2D eigenvalue weighted by atomic mass is 19.1. The molecule has 0 aliphatic rings. The normalized spacial score (nSPS) is 10.5. The van der Waals surface area contributed by atoms with Crippen LogP contribution in [-0.2, 0) is 11.2 Å². The third kappa shape index (κ3) is 4.71. The maximum atomic E-state index is 13.1. The fourth-order valence-corrected chi connectivity index (χ4v) is 1.54. The topological polar surface area (TPSA) is 41.6 Å². The number of hydrogen-bond donors (Lipinski definition) is 1. The summed E-state index contributed by atoms with van der Waals surface area (Å²) in [6.45, 7) is 1.34. The van der Waals surface area contributed by atoms with Gasteiger partial charge in [-0.05, 0) is 32.3 Å². The Hall–Kier alpha value is -1.62. The Morgan fingerprint density at radius 2 is 2.17 bits per heavy atom. The summed E-state index contributed by atoms with van der Waals surface area (Å²) >= 11 is 0. The average molecular weight is 254 g/mol. The molecule has 0 bridgehead atoms. The molecule has 1 rings (SSSR count). The predicted molar refractivity (Wildman–Crippen MR) is 68.2 cm³/mol. The SMILES string of the molecule is COc1ccc(F)cc1CC(=O)NCCN(C)C. The van der Waals surface area contributed by atoms with Gasteiger partial charge in [0.05, 0.1) is 13.5 Å². The number of rotatable bonds is 6. The Morgan fingerprint density at radius 1 is 1.44 bits per heavy atom. The number of nitrogens with zero attached hydrogens (tertiary/aromatic N) is 1. The fourth-order valence-electron chi connectivity index (χ4n) is 1.54. The van der Waals surface area contributed by atoms with E-state index in [9.17, 15) is 9.18 Å². The lowest BCUT2D eigenvalue weighted by atomic mass is 10.1. The molecule has 0 spiro atoms. The number of nitrogens with one attached hydrogen (secondary N) is 1. The molecule has 0 aliphatic heterocycles. The van der Waals surface area contributed by atoms with Crippen LogP contribution in [0.15, 0.2) is 18.2 Å². The number of benzene rings is 1. The summed E-state index contributed by atoms with van der Waals surface area (Å²) in [4.78, 5) is 13.6. The molecule has 5 heteroatoms. The largest absolute Gasteiger partial charge is 0.496 e. The van der Waals surface area contributed by atoms with Crippen molar-refractivity contribution in [2.45, 2.75) is 6.42 Å². The molecule has 1 N–H and O–H groups in total. The number of amides is 1. The molecular weight excluding hydrogens is 235 g/mol. The van der Waals surface area contributed by atoms with Crippen LogP contribution in [0, 0.1) is 5.82 Å². The highest BCUT2D eigenvalue weighted by molar-refractivity contribution is 5.79. The van der Waals surface area contributed by atoms with Crippen LogP contribution in [0.3, 0.4) is 0 Å². The molecule has 1 aromatic carbocycles. The molecule has 0 unspecified atom stereocenters. The van der Waals surface area contributed by atoms with Gasteiger partial charge in [0.1, 0.15) is 11.6 Å². The van der Waals surface area contributed by atoms with Gasteiger partial charge in [0, 0.05) is 18.7 Å². The molecule has 1 aromatic rings. The Morgan fingerprint density at radius 3 is 2.78 bits per heavy atom. The summed E-state index contributed by atoms with van der Waals surface area (Å²) in [5.41, 5.74) is 0.555. The van der Waals surface area contributed by atoms with Crippen molar-refractivity contribution in [3.63, 3.8) is 0 Å². The quantitative estimate of drug-likeness (QED) is 0.825. The van der Waals surface area contributed by atoms with Crippen LogP contribution in [0.4, 0.5) is 4.39 Å². The molecule has 0 aliphatic carbocycles. The zero-order valence-corrected chi connectivity index (χ0v) is 11.0. The van der Waals surface area contributed by atoms with E-state index in [0.29, 0.717) is 17.9 Å². The van der Waals surface area contributed by atoms with Crippen LogP contribution in [0.2, 0.25) is 0 Å². The molecule has 0 heterocycles. The van der Waals surface area contributed by atoms with E-state index < -0.39 is 0 Å². The summed E-state index contributed by atoms with van der Waals surface area (Å²) < 4.78 is 18.2. The standard InChI is InChI=1S/C13H19FN2O2/c1-16(2)7-6-15-13(17)9-10-8-11(14)4-5-12(10)18-3/h4-5,8H,6-7,9H2,1-3H3,(H,15,17). The second-order valence-electron chi connectivity index (χ2n) is 4.29. The van der Waals surface area contributed by atoms with E-state index >= 15 is 0 Å². The lowest BCUT2D eigenvalue weighted by molar-refractivity contribution is -0.120. The second kappa shape index (κ2) is 6.96. The molecule has 0 radical (unpaired) electrons. The van der Waals surface area contributed by atoms with E-state index in [1.165, 1.54) is 25.3 Å². The van der Waals surface area contributed by atoms with Crippen molar-refractivity contribution in [3.8, 4) is 5.75 Å². The van der Waals surface area contributed by atoms with E-state index in [0.717, 1.165) is 6.54 Å². The summed E-state index contributed by atoms with van der Waals surface area (Å²) in [5, 5.41) is 2.77. The van der Waals surface area contributed by atoms with Gasteiger partial charge in [0.25, 0.3) is 0 Å². The van der Waals surface area contributed by atoms with Gasteiger partial charge in [-0.25, -0.2) is 4.39 Å². The van der Waals surface area contributed by atoms with Gasteiger partial charge >= 0.3 is 0 Å². The van der Waals surface area contributed by atoms with Gasteiger partial charge in [-0.2, -0.15) is 0 Å². The molecule has 100 valence electrons. The van der Waals surface area contributed by atoms with E-state index in [-0.39, 0.29) is 18.1 Å². The third-order valence-corrected chi connectivity index (χ3v) is 2.47. The Labute approximate surface area is 107 Å². The molecule has 0 saturated carbocycles. The zero-order valence-electron chi connectivity index (χ0n) is 11.0. The molecule has 1 amide bonds. The summed E-state index contributed by atoms with van der Waals surface area (Å²) in [7, 11) is 5.37. The first kappa shape index (κ1) is 14.4. The van der Waals surface area contributed by atoms with Crippen molar-refractivity contribution in [2.75, 3.05) is 34.3 Å². The first-order chi connectivity index (χ1) is 8.52. The molecule has 0 fully saturated rings. The van der Waals surface area contributed by atoms with Gasteiger partial charge < -0.3 is 15.0 Å². The molecule has 0 saturated heterocycles. The molecule has 4 nitrogen and oxygen atoms in total. The Bertz CT molecular complexity index is 408. The first-order valence-electron chi connectivity index (χ1n) is 5.76. The van der Waals surface area contributed by atoms with Crippen LogP contribution >= 0.6 is 0 Å². The molecule has 0 aromatic heterocycles. The van der Waals surface area contributed by atoms with Crippen LogP contribution in [0.1, 0.15) is 5.56 Å². The maximum Gasteiger partial charge on any atom is 0.224 e. The maximum absolute atomic E-state index is 13.1. The van der Waals surface area contributed by atoms with Crippen molar-refractivity contribution >= 4 is 5.91 Å². The Kier molecular flexibility index (Phi) is 5.58. The molecular formula is C13H19FN2O2. The van der Waals surface area contributed by atoms with Crippen LogP contribution in [0.25, 0.3) is 0 Å². The number of hydrogen-bond acceptors (Lipinski definition) is 3. The zero-order chi connectivity index (χ0) is 13.5. The van der Waals surface area contributed by atoms with Gasteiger partial charge in [-0.1, -0.05) is 0 Å². The third-order valence-electron chi connectivity index (χ3n) is 2.47. The van der Waals surface area contributed by atoms with Gasteiger partial charge in [-0.3, -0.25) is 4.79 Å². The predicted octanol–water partition coefficient (Wildman–Crippen LogP) is 1.05. The summed E-state index contributed by atoms with van der Waals surface area (Å²) in [5.74, 6) is 0.0202. The highest BCUT2D eigenvalue weighted by Gasteiger charge is 2.09. The number of carbonyl (C=O) groups excluding carboxylic acids is 1. The number of ether oxygens (including phenoxy) is 1. The minimum Gasteiger partial charge on any atom is -0.496 e. The smallest absolute Gasteiger partial charge is 0.224 e. The molecule has 0 atom stereocenters. The minimum atomic E-state index is -0.369. The number of methoxy groups -OCH3 is 1.